The molecule has 1 saturated heterocycles. The van der Waals surface area contributed by atoms with Crippen LogP contribution < -0.4 is 10.0 Å². The first-order valence-corrected chi connectivity index (χ1v) is 7.88. The number of nitrogens with zero attached hydrogens (tertiary/aromatic N) is 1. The van der Waals surface area contributed by atoms with E-state index in [0.29, 0.717) is 12.5 Å². The maximum absolute atomic E-state index is 11.9. The third-order valence-electron chi connectivity index (χ3n) is 3.22. The molecule has 112 valence electrons. The van der Waals surface area contributed by atoms with E-state index in [1.54, 1.807) is 0 Å². The Labute approximate surface area is 114 Å². The fraction of sp³-hybridized carbons (Fsp3) is 0.909. The molecule has 0 saturated carbocycles. The number of rotatable bonds is 7. The number of ether oxygens (including phenoxy) is 1. The van der Waals surface area contributed by atoms with Gasteiger partial charge in [-0.05, 0) is 31.8 Å². The molecule has 7 nitrogen and oxygen atoms in total. The lowest BCUT2D eigenvalue weighted by atomic mass is 10.0. The van der Waals surface area contributed by atoms with Gasteiger partial charge in [0.05, 0.1) is 13.5 Å². The van der Waals surface area contributed by atoms with Gasteiger partial charge in [0, 0.05) is 20.1 Å². The molecule has 0 aromatic heterocycles. The van der Waals surface area contributed by atoms with E-state index in [1.165, 1.54) is 14.2 Å². The summed E-state index contributed by atoms with van der Waals surface area (Å²) in [6, 6.07) is 0. The first-order valence-electron chi connectivity index (χ1n) is 6.44. The monoisotopic (exact) mass is 293 g/mol. The molecule has 0 aliphatic carbocycles. The van der Waals surface area contributed by atoms with E-state index in [2.05, 4.69) is 14.8 Å². The molecule has 0 radical (unpaired) electrons. The Morgan fingerprint density at radius 3 is 2.84 bits per heavy atom. The second-order valence-electron chi connectivity index (χ2n) is 4.71. The van der Waals surface area contributed by atoms with Crippen LogP contribution in [-0.4, -0.2) is 59.0 Å². The third kappa shape index (κ3) is 5.85. The maximum Gasteiger partial charge on any atom is 0.306 e. The van der Waals surface area contributed by atoms with Crippen molar-refractivity contribution >= 4 is 16.2 Å². The van der Waals surface area contributed by atoms with Crippen LogP contribution in [0.3, 0.4) is 0 Å². The SMILES string of the molecule is COC(=O)CCN(C)S(=O)(=O)NCC1CCCNC1. The molecule has 0 spiro atoms. The highest BCUT2D eigenvalue weighted by Crippen LogP contribution is 2.09. The van der Waals surface area contributed by atoms with Crippen LogP contribution in [0.5, 0.6) is 0 Å². The van der Waals surface area contributed by atoms with E-state index in [1.807, 2.05) is 0 Å². The number of piperidine rings is 1. The molecule has 0 aromatic rings. The smallest absolute Gasteiger partial charge is 0.306 e. The zero-order valence-electron chi connectivity index (χ0n) is 11.5. The van der Waals surface area contributed by atoms with Crippen LogP contribution >= 0.6 is 0 Å². The quantitative estimate of drug-likeness (QED) is 0.607. The zero-order chi connectivity index (χ0) is 14.3. The van der Waals surface area contributed by atoms with E-state index >= 15 is 0 Å². The summed E-state index contributed by atoms with van der Waals surface area (Å²) in [5, 5.41) is 3.24. The van der Waals surface area contributed by atoms with Gasteiger partial charge in [0.2, 0.25) is 0 Å². The molecular weight excluding hydrogens is 270 g/mol. The summed E-state index contributed by atoms with van der Waals surface area (Å²) in [6.45, 7) is 2.39. The molecule has 0 bridgehead atoms. The topological polar surface area (TPSA) is 87.7 Å². The van der Waals surface area contributed by atoms with Gasteiger partial charge in [0.15, 0.2) is 0 Å². The molecule has 1 heterocycles. The van der Waals surface area contributed by atoms with Crippen LogP contribution in [0.15, 0.2) is 0 Å². The van der Waals surface area contributed by atoms with Crippen molar-refractivity contribution in [3.05, 3.63) is 0 Å². The van der Waals surface area contributed by atoms with Gasteiger partial charge >= 0.3 is 5.97 Å². The molecule has 1 unspecified atom stereocenters. The number of nitrogens with one attached hydrogen (secondary N) is 2. The van der Waals surface area contributed by atoms with E-state index in [0.717, 1.165) is 30.2 Å². The van der Waals surface area contributed by atoms with Crippen molar-refractivity contribution in [3.8, 4) is 0 Å². The van der Waals surface area contributed by atoms with E-state index in [4.69, 9.17) is 0 Å². The normalized spacial score (nSPS) is 20.5. The van der Waals surface area contributed by atoms with Gasteiger partial charge in [0.25, 0.3) is 10.2 Å². The fourth-order valence-corrected chi connectivity index (χ4v) is 2.90. The van der Waals surface area contributed by atoms with Crippen molar-refractivity contribution in [1.29, 1.82) is 0 Å². The Balaban J connectivity index is 2.34. The largest absolute Gasteiger partial charge is 0.469 e. The summed E-state index contributed by atoms with van der Waals surface area (Å²) < 4.78 is 32.0. The predicted molar refractivity (Wildman–Crippen MR) is 71.8 cm³/mol. The van der Waals surface area contributed by atoms with Crippen molar-refractivity contribution in [1.82, 2.24) is 14.3 Å². The summed E-state index contributed by atoms with van der Waals surface area (Å²) in [5.74, 6) is -0.0870. The second-order valence-corrected chi connectivity index (χ2v) is 6.58. The lowest BCUT2D eigenvalue weighted by Crippen LogP contribution is -2.43. The number of hydrogen-bond acceptors (Lipinski definition) is 5. The maximum atomic E-state index is 11.9. The van der Waals surface area contributed by atoms with Crippen LogP contribution in [0, 0.1) is 5.92 Å². The van der Waals surface area contributed by atoms with Crippen molar-refractivity contribution in [3.63, 3.8) is 0 Å². The Kier molecular flexibility index (Phi) is 6.70. The average Bonchev–Trinajstić information content (AvgIpc) is 2.43. The van der Waals surface area contributed by atoms with Crippen molar-refractivity contribution < 1.29 is 17.9 Å². The van der Waals surface area contributed by atoms with E-state index in [9.17, 15) is 13.2 Å². The highest BCUT2D eigenvalue weighted by Gasteiger charge is 2.21. The summed E-state index contributed by atoms with van der Waals surface area (Å²) in [7, 11) is -0.784. The number of carbonyl (C=O) groups excluding carboxylic acids is 1. The van der Waals surface area contributed by atoms with Gasteiger partial charge in [-0.25, -0.2) is 4.72 Å². The molecule has 1 fully saturated rings. The highest BCUT2D eigenvalue weighted by molar-refractivity contribution is 7.87. The summed E-state index contributed by atoms with van der Waals surface area (Å²) in [5.41, 5.74) is 0. The minimum atomic E-state index is -3.52. The average molecular weight is 293 g/mol. The molecule has 1 atom stereocenters. The van der Waals surface area contributed by atoms with Crippen molar-refractivity contribution in [2.75, 3.05) is 40.3 Å². The van der Waals surface area contributed by atoms with Gasteiger partial charge < -0.3 is 10.1 Å². The molecule has 8 heteroatoms. The molecule has 2 N–H and O–H groups in total. The lowest BCUT2D eigenvalue weighted by molar-refractivity contribution is -0.140. The van der Waals surface area contributed by atoms with Crippen LogP contribution in [0.1, 0.15) is 19.3 Å². The predicted octanol–water partition coefficient (Wildman–Crippen LogP) is -0.685. The standard InChI is InChI=1S/C11H23N3O4S/c1-14(7-5-11(15)18-2)19(16,17)13-9-10-4-3-6-12-8-10/h10,12-13H,3-9H2,1-2H3. The lowest BCUT2D eigenvalue weighted by Gasteiger charge is -2.24. The van der Waals surface area contributed by atoms with Gasteiger partial charge in [0.1, 0.15) is 0 Å². The molecule has 19 heavy (non-hydrogen) atoms. The minimum absolute atomic E-state index is 0.0545. The van der Waals surface area contributed by atoms with Gasteiger partial charge in [-0.15, -0.1) is 0 Å². The van der Waals surface area contributed by atoms with Gasteiger partial charge in [-0.1, -0.05) is 0 Å². The van der Waals surface area contributed by atoms with Crippen LogP contribution in [0.2, 0.25) is 0 Å². The molecule has 0 aromatic carbocycles. The van der Waals surface area contributed by atoms with Crippen LogP contribution in [0.4, 0.5) is 0 Å². The summed E-state index contributed by atoms with van der Waals surface area (Å²) in [6.07, 6.45) is 2.16. The zero-order valence-corrected chi connectivity index (χ0v) is 12.3. The molecule has 1 aliphatic heterocycles. The molecular formula is C11H23N3O4S. The Morgan fingerprint density at radius 1 is 1.53 bits per heavy atom. The first-order chi connectivity index (χ1) is 8.95. The summed E-state index contributed by atoms with van der Waals surface area (Å²) in [4.78, 5) is 11.0. The minimum Gasteiger partial charge on any atom is -0.469 e. The number of esters is 1. The van der Waals surface area contributed by atoms with Crippen LogP contribution in [-0.2, 0) is 19.7 Å². The highest BCUT2D eigenvalue weighted by atomic mass is 32.2. The third-order valence-corrected chi connectivity index (χ3v) is 4.76. The van der Waals surface area contributed by atoms with Crippen molar-refractivity contribution in [2.45, 2.75) is 19.3 Å². The molecule has 1 rings (SSSR count). The second kappa shape index (κ2) is 7.78. The number of hydrogen-bond donors (Lipinski definition) is 2. The Hall–Kier alpha value is -0.700. The number of methoxy groups -OCH3 is 1. The Morgan fingerprint density at radius 2 is 2.26 bits per heavy atom. The van der Waals surface area contributed by atoms with E-state index < -0.39 is 16.2 Å². The molecule has 1 aliphatic rings. The van der Waals surface area contributed by atoms with Crippen LogP contribution in [0.25, 0.3) is 0 Å². The fourth-order valence-electron chi connectivity index (χ4n) is 1.90. The first kappa shape index (κ1) is 16.4. The van der Waals surface area contributed by atoms with Gasteiger partial charge in [-0.2, -0.15) is 12.7 Å². The van der Waals surface area contributed by atoms with Gasteiger partial charge in [-0.3, -0.25) is 4.79 Å². The Bertz CT molecular complexity index is 379. The van der Waals surface area contributed by atoms with Crippen molar-refractivity contribution in [2.24, 2.45) is 5.92 Å². The van der Waals surface area contributed by atoms with E-state index in [-0.39, 0.29) is 13.0 Å². The molecule has 0 amide bonds. The summed E-state index contributed by atoms with van der Waals surface area (Å²) >= 11 is 0. The number of carbonyl (C=O) groups is 1.